The first-order chi connectivity index (χ1) is 16.8. The summed E-state index contributed by atoms with van der Waals surface area (Å²) in [4.78, 5) is 32.4. The van der Waals surface area contributed by atoms with Crippen LogP contribution in [0.4, 0.5) is 36.6 Å². The number of hydrogen-bond acceptors (Lipinski definition) is 6. The first kappa shape index (κ1) is 25.9. The van der Waals surface area contributed by atoms with Gasteiger partial charge in [-0.15, -0.1) is 0 Å². The highest BCUT2D eigenvalue weighted by atomic mass is 19.4. The first-order valence-electron chi connectivity index (χ1n) is 11.0. The van der Waals surface area contributed by atoms with Crippen LogP contribution < -0.4 is 10.5 Å². The van der Waals surface area contributed by atoms with Crippen molar-refractivity contribution < 1.29 is 35.5 Å². The van der Waals surface area contributed by atoms with Gasteiger partial charge in [-0.2, -0.15) is 31.4 Å². The number of nitrogens with zero attached hydrogens (tertiary/aromatic N) is 5. The van der Waals surface area contributed by atoms with Crippen LogP contribution >= 0.6 is 0 Å². The predicted octanol–water partition coefficient (Wildman–Crippen LogP) is 2.83. The number of halogens is 7. The molecule has 1 N–H and O–H groups in total. The minimum atomic E-state index is -4.85. The van der Waals surface area contributed by atoms with Crippen molar-refractivity contribution >= 4 is 11.7 Å². The van der Waals surface area contributed by atoms with E-state index in [1.54, 1.807) is 4.90 Å². The maximum atomic E-state index is 13.3. The Kier molecular flexibility index (Phi) is 6.94. The summed E-state index contributed by atoms with van der Waals surface area (Å²) in [6, 6.07) is 0.465. The van der Waals surface area contributed by atoms with E-state index in [1.165, 1.54) is 9.80 Å². The monoisotopic (exact) mass is 522 g/mol. The molecule has 1 unspecified atom stereocenters. The standard InChI is InChI=1S/C21H21F7N6O2/c22-12-8-13(20(23,24)25)18(29-10-12)33-6-4-32(5-7-33)17(35)11-34-3-1-2-16(34)15-9-14(21(26,27)28)19(36)31-30-15/h8-10,16H,1-7,11H2,(H,31,36). The molecule has 196 valence electrons. The highest BCUT2D eigenvalue weighted by Gasteiger charge is 2.39. The van der Waals surface area contributed by atoms with Gasteiger partial charge < -0.3 is 9.80 Å². The number of piperazine rings is 1. The normalized spacial score (nSPS) is 19.7. The van der Waals surface area contributed by atoms with Gasteiger partial charge in [-0.25, -0.2) is 14.5 Å². The van der Waals surface area contributed by atoms with Crippen molar-refractivity contribution in [2.24, 2.45) is 0 Å². The Hall–Kier alpha value is -3.23. The quantitative estimate of drug-likeness (QED) is 0.622. The third-order valence-electron chi connectivity index (χ3n) is 6.24. The zero-order chi connectivity index (χ0) is 26.3. The SMILES string of the molecule is O=C(CN1CCCC1c1cc(C(F)(F)F)c(=O)[nH]n1)N1CCN(c2ncc(F)cc2C(F)(F)F)CC1. The van der Waals surface area contributed by atoms with Crippen molar-refractivity contribution in [1.29, 1.82) is 0 Å². The number of carbonyl (C=O) groups excluding carboxylic acids is 1. The number of anilines is 1. The van der Waals surface area contributed by atoms with E-state index in [0.717, 1.165) is 0 Å². The van der Waals surface area contributed by atoms with E-state index in [2.05, 4.69) is 10.1 Å². The van der Waals surface area contributed by atoms with Crippen molar-refractivity contribution in [1.82, 2.24) is 25.0 Å². The van der Waals surface area contributed by atoms with Crippen LogP contribution in [0.1, 0.15) is 35.7 Å². The molecule has 4 heterocycles. The molecule has 2 fully saturated rings. The first-order valence-corrected chi connectivity index (χ1v) is 11.0. The zero-order valence-corrected chi connectivity index (χ0v) is 18.7. The number of H-pyrrole nitrogens is 1. The van der Waals surface area contributed by atoms with Crippen LogP contribution in [0.2, 0.25) is 0 Å². The molecule has 8 nitrogen and oxygen atoms in total. The van der Waals surface area contributed by atoms with Crippen LogP contribution in [-0.4, -0.2) is 70.2 Å². The molecule has 0 spiro atoms. The van der Waals surface area contributed by atoms with Gasteiger partial charge in [-0.1, -0.05) is 0 Å². The minimum absolute atomic E-state index is 0.000825. The van der Waals surface area contributed by atoms with Crippen LogP contribution in [-0.2, 0) is 17.1 Å². The molecule has 0 aliphatic carbocycles. The Balaban J connectivity index is 1.41. The fourth-order valence-electron chi connectivity index (χ4n) is 4.49. The molecule has 4 rings (SSSR count). The molecule has 2 aliphatic rings. The summed E-state index contributed by atoms with van der Waals surface area (Å²) in [6.45, 7) is 0.536. The van der Waals surface area contributed by atoms with Gasteiger partial charge in [-0.3, -0.25) is 14.5 Å². The molecule has 0 bridgehead atoms. The second-order valence-electron chi connectivity index (χ2n) is 8.55. The molecule has 1 atom stereocenters. The van der Waals surface area contributed by atoms with Gasteiger partial charge >= 0.3 is 12.4 Å². The van der Waals surface area contributed by atoms with Gasteiger partial charge in [0.15, 0.2) is 0 Å². The van der Waals surface area contributed by atoms with Crippen LogP contribution in [0.3, 0.4) is 0 Å². The molecule has 2 aliphatic heterocycles. The molecule has 2 aromatic rings. The number of carbonyl (C=O) groups is 1. The molecule has 2 saturated heterocycles. The average Bonchev–Trinajstić information content (AvgIpc) is 3.26. The molecule has 36 heavy (non-hydrogen) atoms. The summed E-state index contributed by atoms with van der Waals surface area (Å²) < 4.78 is 92.6. The number of pyridine rings is 1. The Morgan fingerprint density at radius 2 is 1.67 bits per heavy atom. The van der Waals surface area contributed by atoms with Crippen LogP contribution in [0.5, 0.6) is 0 Å². The van der Waals surface area contributed by atoms with Crippen molar-refractivity contribution in [3.05, 3.63) is 51.3 Å². The zero-order valence-electron chi connectivity index (χ0n) is 18.7. The van der Waals surface area contributed by atoms with E-state index in [-0.39, 0.29) is 44.3 Å². The van der Waals surface area contributed by atoms with Gasteiger partial charge in [0.2, 0.25) is 5.91 Å². The number of nitrogens with one attached hydrogen (secondary N) is 1. The van der Waals surface area contributed by atoms with E-state index in [9.17, 15) is 40.3 Å². The molecule has 1 amide bonds. The fourth-order valence-corrected chi connectivity index (χ4v) is 4.49. The Labute approximate surface area is 199 Å². The lowest BCUT2D eigenvalue weighted by Crippen LogP contribution is -2.51. The summed E-state index contributed by atoms with van der Waals surface area (Å²) in [6.07, 6.45) is -7.91. The van der Waals surface area contributed by atoms with Crippen LogP contribution in [0.15, 0.2) is 23.1 Å². The van der Waals surface area contributed by atoms with E-state index < -0.39 is 46.7 Å². The molecule has 0 aromatic carbocycles. The van der Waals surface area contributed by atoms with Crippen molar-refractivity contribution in [3.63, 3.8) is 0 Å². The van der Waals surface area contributed by atoms with Crippen LogP contribution in [0.25, 0.3) is 0 Å². The molecular weight excluding hydrogens is 501 g/mol. The number of rotatable bonds is 4. The van der Waals surface area contributed by atoms with Crippen molar-refractivity contribution in [2.75, 3.05) is 44.2 Å². The second-order valence-corrected chi connectivity index (χ2v) is 8.55. The Morgan fingerprint density at radius 1 is 1.00 bits per heavy atom. The minimum Gasteiger partial charge on any atom is -0.353 e. The van der Waals surface area contributed by atoms with Crippen molar-refractivity contribution in [2.45, 2.75) is 31.2 Å². The summed E-state index contributed by atoms with van der Waals surface area (Å²) in [5.41, 5.74) is -3.92. The molecule has 0 radical (unpaired) electrons. The van der Waals surface area contributed by atoms with E-state index >= 15 is 0 Å². The summed E-state index contributed by atoms with van der Waals surface area (Å²) in [5.74, 6) is -1.87. The number of amides is 1. The van der Waals surface area contributed by atoms with E-state index in [0.29, 0.717) is 37.7 Å². The van der Waals surface area contributed by atoms with Gasteiger partial charge in [0.05, 0.1) is 24.5 Å². The van der Waals surface area contributed by atoms with E-state index in [1.807, 2.05) is 5.10 Å². The largest absolute Gasteiger partial charge is 0.421 e. The topological polar surface area (TPSA) is 85.4 Å². The molecule has 2 aromatic heterocycles. The molecule has 0 saturated carbocycles. The number of aromatic amines is 1. The highest BCUT2D eigenvalue weighted by Crippen LogP contribution is 2.36. The van der Waals surface area contributed by atoms with Crippen molar-refractivity contribution in [3.8, 4) is 0 Å². The lowest BCUT2D eigenvalue weighted by Gasteiger charge is -2.37. The third kappa shape index (κ3) is 5.44. The second kappa shape index (κ2) is 9.67. The number of aromatic nitrogens is 3. The predicted molar refractivity (Wildman–Crippen MR) is 111 cm³/mol. The lowest BCUT2D eigenvalue weighted by atomic mass is 10.1. The summed E-state index contributed by atoms with van der Waals surface area (Å²) in [5, 5.41) is 5.61. The average molecular weight is 522 g/mol. The van der Waals surface area contributed by atoms with Gasteiger partial charge in [0.1, 0.15) is 22.8 Å². The van der Waals surface area contributed by atoms with E-state index in [4.69, 9.17) is 0 Å². The van der Waals surface area contributed by atoms with Gasteiger partial charge in [-0.05, 0) is 31.5 Å². The smallest absolute Gasteiger partial charge is 0.353 e. The van der Waals surface area contributed by atoms with Gasteiger partial charge in [0, 0.05) is 26.2 Å². The summed E-state index contributed by atoms with van der Waals surface area (Å²) in [7, 11) is 0. The maximum absolute atomic E-state index is 13.3. The lowest BCUT2D eigenvalue weighted by molar-refractivity contribution is -0.139. The molecule has 15 heteroatoms. The highest BCUT2D eigenvalue weighted by molar-refractivity contribution is 5.78. The number of likely N-dealkylation sites (tertiary alicyclic amines) is 1. The fraction of sp³-hybridized carbons (Fsp3) is 0.524. The Bertz CT molecular complexity index is 1170. The maximum Gasteiger partial charge on any atom is 0.421 e. The number of alkyl halides is 6. The van der Waals surface area contributed by atoms with Crippen LogP contribution in [0, 0.1) is 5.82 Å². The number of hydrogen-bond donors (Lipinski definition) is 1. The third-order valence-corrected chi connectivity index (χ3v) is 6.24. The van der Waals surface area contributed by atoms with Gasteiger partial charge in [0.25, 0.3) is 5.56 Å². The Morgan fingerprint density at radius 3 is 2.31 bits per heavy atom. The summed E-state index contributed by atoms with van der Waals surface area (Å²) >= 11 is 0. The molecular formula is C21H21F7N6O2.